The molecule has 0 spiro atoms. The lowest BCUT2D eigenvalue weighted by Crippen LogP contribution is -2.43. The minimum Gasteiger partial charge on any atom is -0.379 e. The molecule has 0 saturated carbocycles. The number of benzene rings is 1. The second-order valence-electron chi connectivity index (χ2n) is 6.97. The molecule has 0 atom stereocenters. The second-order valence-corrected chi connectivity index (χ2v) is 6.97. The van der Waals surface area contributed by atoms with Crippen molar-refractivity contribution >= 4 is 16.9 Å². The number of amides is 1. The van der Waals surface area contributed by atoms with Gasteiger partial charge in [-0.1, -0.05) is 18.2 Å². The zero-order valence-electron chi connectivity index (χ0n) is 16.1. The average Bonchev–Trinajstić information content (AvgIpc) is 3.07. The maximum absolute atomic E-state index is 13.1. The fourth-order valence-electron chi connectivity index (χ4n) is 3.50. The van der Waals surface area contributed by atoms with Crippen molar-refractivity contribution in [2.24, 2.45) is 7.05 Å². The van der Waals surface area contributed by atoms with Crippen molar-refractivity contribution in [2.45, 2.75) is 6.54 Å². The van der Waals surface area contributed by atoms with Crippen LogP contribution in [-0.4, -0.2) is 69.6 Å². The summed E-state index contributed by atoms with van der Waals surface area (Å²) in [4.78, 5) is 26.3. The molecular formula is C21H25N5O2. The lowest BCUT2D eigenvalue weighted by Gasteiger charge is -2.30. The van der Waals surface area contributed by atoms with Gasteiger partial charge < -0.3 is 14.2 Å². The molecule has 28 heavy (non-hydrogen) atoms. The first-order chi connectivity index (χ1) is 13.7. The number of carbonyl (C=O) groups is 1. The standard InChI is InChI=1S/C21H25N5O2/c1-24-19-8-3-2-6-17(19)23-20(24)16-26(11-10-25-12-14-28-15-13-25)21(27)18-7-4-5-9-22-18/h2-9H,10-16H2,1H3. The van der Waals surface area contributed by atoms with Crippen molar-refractivity contribution in [3.05, 3.63) is 60.2 Å². The number of imidazole rings is 1. The van der Waals surface area contributed by atoms with E-state index >= 15 is 0 Å². The molecule has 0 bridgehead atoms. The molecule has 1 aliphatic heterocycles. The number of aromatic nitrogens is 3. The van der Waals surface area contributed by atoms with Gasteiger partial charge in [-0.2, -0.15) is 0 Å². The highest BCUT2D eigenvalue weighted by atomic mass is 16.5. The predicted octanol–water partition coefficient (Wildman–Crippen LogP) is 1.94. The quantitative estimate of drug-likeness (QED) is 0.655. The van der Waals surface area contributed by atoms with Crippen molar-refractivity contribution in [2.75, 3.05) is 39.4 Å². The van der Waals surface area contributed by atoms with Gasteiger partial charge in [0.1, 0.15) is 11.5 Å². The number of pyridine rings is 1. The lowest BCUT2D eigenvalue weighted by atomic mass is 10.3. The fourth-order valence-corrected chi connectivity index (χ4v) is 3.50. The minimum atomic E-state index is -0.0686. The number of aryl methyl sites for hydroxylation is 1. The highest BCUT2D eigenvalue weighted by Crippen LogP contribution is 2.16. The number of para-hydroxylation sites is 2. The molecule has 0 unspecified atom stereocenters. The molecule has 7 nitrogen and oxygen atoms in total. The molecule has 1 fully saturated rings. The van der Waals surface area contributed by atoms with Gasteiger partial charge in [0.25, 0.3) is 5.91 Å². The normalized spacial score (nSPS) is 15.0. The van der Waals surface area contributed by atoms with Gasteiger partial charge in [-0.3, -0.25) is 14.7 Å². The first-order valence-electron chi connectivity index (χ1n) is 9.63. The molecule has 0 radical (unpaired) electrons. The van der Waals surface area contributed by atoms with Crippen LogP contribution in [0.2, 0.25) is 0 Å². The van der Waals surface area contributed by atoms with Crippen LogP contribution in [0.25, 0.3) is 11.0 Å². The van der Waals surface area contributed by atoms with Gasteiger partial charge in [0.2, 0.25) is 0 Å². The van der Waals surface area contributed by atoms with Crippen LogP contribution < -0.4 is 0 Å². The zero-order chi connectivity index (χ0) is 19.3. The Bertz CT molecular complexity index is 934. The first-order valence-corrected chi connectivity index (χ1v) is 9.63. The molecule has 7 heteroatoms. The van der Waals surface area contributed by atoms with Crippen LogP contribution in [-0.2, 0) is 18.3 Å². The lowest BCUT2D eigenvalue weighted by molar-refractivity contribution is 0.0317. The Balaban J connectivity index is 1.56. The van der Waals surface area contributed by atoms with Gasteiger partial charge in [-0.05, 0) is 24.3 Å². The minimum absolute atomic E-state index is 0.0686. The third-order valence-electron chi connectivity index (χ3n) is 5.17. The topological polar surface area (TPSA) is 63.5 Å². The van der Waals surface area contributed by atoms with E-state index in [1.165, 1.54) is 0 Å². The molecule has 2 aromatic heterocycles. The fraction of sp³-hybridized carbons (Fsp3) is 0.381. The van der Waals surface area contributed by atoms with Crippen LogP contribution in [0, 0.1) is 0 Å². The molecule has 1 saturated heterocycles. The Morgan fingerprint density at radius 3 is 2.68 bits per heavy atom. The number of carbonyl (C=O) groups excluding carboxylic acids is 1. The first kappa shape index (κ1) is 18.6. The van der Waals surface area contributed by atoms with E-state index in [9.17, 15) is 4.79 Å². The largest absolute Gasteiger partial charge is 0.379 e. The Morgan fingerprint density at radius 2 is 1.93 bits per heavy atom. The van der Waals surface area contributed by atoms with Gasteiger partial charge >= 0.3 is 0 Å². The summed E-state index contributed by atoms with van der Waals surface area (Å²) < 4.78 is 7.48. The van der Waals surface area contributed by atoms with E-state index in [0.29, 0.717) is 18.8 Å². The SMILES string of the molecule is Cn1c(CN(CCN2CCOCC2)C(=O)c2ccccn2)nc2ccccc21. The Labute approximate surface area is 164 Å². The molecule has 4 rings (SSSR count). The maximum atomic E-state index is 13.1. The van der Waals surface area contributed by atoms with Crippen molar-refractivity contribution in [3.63, 3.8) is 0 Å². The summed E-state index contributed by atoms with van der Waals surface area (Å²) >= 11 is 0. The summed E-state index contributed by atoms with van der Waals surface area (Å²) in [6.45, 7) is 5.18. The van der Waals surface area contributed by atoms with E-state index in [1.54, 1.807) is 12.3 Å². The number of fused-ring (bicyclic) bond motifs is 1. The summed E-state index contributed by atoms with van der Waals surface area (Å²) in [5.74, 6) is 0.799. The number of rotatable bonds is 6. The van der Waals surface area contributed by atoms with E-state index in [1.807, 2.05) is 48.3 Å². The number of ether oxygens (including phenoxy) is 1. The van der Waals surface area contributed by atoms with Crippen molar-refractivity contribution in [3.8, 4) is 0 Å². The average molecular weight is 379 g/mol. The van der Waals surface area contributed by atoms with Crippen LogP contribution in [0.5, 0.6) is 0 Å². The highest BCUT2D eigenvalue weighted by Gasteiger charge is 2.21. The summed E-state index contributed by atoms with van der Waals surface area (Å²) in [5.41, 5.74) is 2.47. The van der Waals surface area contributed by atoms with E-state index in [-0.39, 0.29) is 5.91 Å². The van der Waals surface area contributed by atoms with Crippen LogP contribution in [0.15, 0.2) is 48.7 Å². The number of hydrogen-bond acceptors (Lipinski definition) is 5. The third kappa shape index (κ3) is 4.05. The Hall–Kier alpha value is -2.77. The molecule has 3 aromatic rings. The predicted molar refractivity (Wildman–Crippen MR) is 107 cm³/mol. The summed E-state index contributed by atoms with van der Waals surface area (Å²) in [5, 5.41) is 0. The van der Waals surface area contributed by atoms with Gasteiger partial charge in [-0.15, -0.1) is 0 Å². The van der Waals surface area contributed by atoms with Gasteiger partial charge in [0, 0.05) is 39.4 Å². The molecule has 1 aliphatic rings. The van der Waals surface area contributed by atoms with Gasteiger partial charge in [0.15, 0.2) is 0 Å². The Morgan fingerprint density at radius 1 is 1.14 bits per heavy atom. The summed E-state index contributed by atoms with van der Waals surface area (Å²) in [6, 6.07) is 13.5. The highest BCUT2D eigenvalue weighted by molar-refractivity contribution is 5.92. The van der Waals surface area contributed by atoms with E-state index in [4.69, 9.17) is 9.72 Å². The number of hydrogen-bond donors (Lipinski definition) is 0. The van der Waals surface area contributed by atoms with Crippen molar-refractivity contribution < 1.29 is 9.53 Å². The van der Waals surface area contributed by atoms with Crippen molar-refractivity contribution in [1.82, 2.24) is 24.3 Å². The Kier molecular flexibility index (Phi) is 5.64. The van der Waals surface area contributed by atoms with Gasteiger partial charge in [0.05, 0.1) is 30.8 Å². The molecule has 1 aromatic carbocycles. The van der Waals surface area contributed by atoms with E-state index in [0.717, 1.165) is 49.7 Å². The summed E-state index contributed by atoms with van der Waals surface area (Å²) in [6.07, 6.45) is 1.66. The molecule has 0 aliphatic carbocycles. The van der Waals surface area contributed by atoms with Crippen LogP contribution >= 0.6 is 0 Å². The molecule has 3 heterocycles. The third-order valence-corrected chi connectivity index (χ3v) is 5.17. The van der Waals surface area contributed by atoms with Gasteiger partial charge in [-0.25, -0.2) is 4.98 Å². The summed E-state index contributed by atoms with van der Waals surface area (Å²) in [7, 11) is 2.00. The monoisotopic (exact) mass is 379 g/mol. The molecule has 146 valence electrons. The molecular weight excluding hydrogens is 354 g/mol. The smallest absolute Gasteiger partial charge is 0.272 e. The van der Waals surface area contributed by atoms with Crippen LogP contribution in [0.3, 0.4) is 0 Å². The zero-order valence-corrected chi connectivity index (χ0v) is 16.1. The second kappa shape index (κ2) is 8.50. The van der Waals surface area contributed by atoms with Crippen LogP contribution in [0.1, 0.15) is 16.3 Å². The van der Waals surface area contributed by atoms with E-state index < -0.39 is 0 Å². The van der Waals surface area contributed by atoms with Crippen molar-refractivity contribution in [1.29, 1.82) is 0 Å². The number of morpholine rings is 1. The molecule has 1 amide bonds. The maximum Gasteiger partial charge on any atom is 0.272 e. The van der Waals surface area contributed by atoms with E-state index in [2.05, 4.69) is 14.5 Å². The molecule has 0 N–H and O–H groups in total. The van der Waals surface area contributed by atoms with Crippen LogP contribution in [0.4, 0.5) is 0 Å². The number of nitrogens with zero attached hydrogens (tertiary/aromatic N) is 5.